The SMILES string of the molecule is O=C(Cc1ccccc1Cl)NCC(O)c1ccc(-c2cccs2)cc1. The molecule has 1 aromatic heterocycles. The molecule has 0 aliphatic carbocycles. The third-order valence-corrected chi connectivity index (χ3v) is 5.19. The van der Waals surface area contributed by atoms with E-state index >= 15 is 0 Å². The van der Waals surface area contributed by atoms with Crippen LogP contribution in [0.3, 0.4) is 0 Å². The molecule has 1 amide bonds. The zero-order chi connectivity index (χ0) is 17.6. The molecule has 0 fully saturated rings. The minimum atomic E-state index is -0.743. The van der Waals surface area contributed by atoms with Gasteiger partial charge in [-0.15, -0.1) is 11.3 Å². The molecule has 3 rings (SSSR count). The number of carbonyl (C=O) groups is 1. The third-order valence-electron chi connectivity index (χ3n) is 3.90. The van der Waals surface area contributed by atoms with Gasteiger partial charge in [-0.1, -0.05) is 60.1 Å². The van der Waals surface area contributed by atoms with Crippen LogP contribution in [0.25, 0.3) is 10.4 Å². The summed E-state index contributed by atoms with van der Waals surface area (Å²) in [5.74, 6) is -0.164. The monoisotopic (exact) mass is 371 g/mol. The summed E-state index contributed by atoms with van der Waals surface area (Å²) in [6, 6.07) is 19.1. The molecule has 0 bridgehead atoms. The Morgan fingerprint density at radius 1 is 1.08 bits per heavy atom. The second-order valence-electron chi connectivity index (χ2n) is 5.69. The van der Waals surface area contributed by atoms with Gasteiger partial charge in [-0.2, -0.15) is 0 Å². The summed E-state index contributed by atoms with van der Waals surface area (Å²) in [5, 5.41) is 15.6. The molecule has 0 aliphatic rings. The number of hydrogen-bond donors (Lipinski definition) is 2. The Morgan fingerprint density at radius 3 is 2.52 bits per heavy atom. The topological polar surface area (TPSA) is 49.3 Å². The van der Waals surface area contributed by atoms with Crippen LogP contribution in [-0.2, 0) is 11.2 Å². The highest BCUT2D eigenvalue weighted by Gasteiger charge is 2.11. The van der Waals surface area contributed by atoms with Crippen LogP contribution in [0, 0.1) is 0 Å². The molecule has 25 heavy (non-hydrogen) atoms. The van der Waals surface area contributed by atoms with Crippen LogP contribution in [-0.4, -0.2) is 17.6 Å². The maximum Gasteiger partial charge on any atom is 0.224 e. The highest BCUT2D eigenvalue weighted by molar-refractivity contribution is 7.13. The molecule has 1 unspecified atom stereocenters. The van der Waals surface area contributed by atoms with E-state index in [0.29, 0.717) is 5.02 Å². The number of halogens is 1. The van der Waals surface area contributed by atoms with Crippen molar-refractivity contribution < 1.29 is 9.90 Å². The van der Waals surface area contributed by atoms with E-state index in [9.17, 15) is 9.90 Å². The van der Waals surface area contributed by atoms with Crippen molar-refractivity contribution in [3.63, 3.8) is 0 Å². The fourth-order valence-electron chi connectivity index (χ4n) is 2.52. The Bertz CT molecular complexity index is 831. The van der Waals surface area contributed by atoms with Crippen LogP contribution in [0.4, 0.5) is 0 Å². The zero-order valence-corrected chi connectivity index (χ0v) is 15.1. The van der Waals surface area contributed by atoms with Crippen molar-refractivity contribution in [3.8, 4) is 10.4 Å². The second kappa shape index (κ2) is 8.30. The number of rotatable bonds is 6. The molecular weight excluding hydrogens is 354 g/mol. The predicted octanol–water partition coefficient (Wildman–Crippen LogP) is 4.46. The Kier molecular flexibility index (Phi) is 5.87. The van der Waals surface area contributed by atoms with Gasteiger partial charge in [0.25, 0.3) is 0 Å². The predicted molar refractivity (Wildman–Crippen MR) is 103 cm³/mol. The summed E-state index contributed by atoms with van der Waals surface area (Å²) >= 11 is 7.73. The highest BCUT2D eigenvalue weighted by Crippen LogP contribution is 2.26. The molecule has 0 radical (unpaired) electrons. The van der Waals surface area contributed by atoms with E-state index in [1.807, 2.05) is 53.9 Å². The minimum Gasteiger partial charge on any atom is -0.387 e. The molecule has 128 valence electrons. The maximum absolute atomic E-state index is 12.0. The van der Waals surface area contributed by atoms with Crippen molar-refractivity contribution >= 4 is 28.8 Å². The number of hydrogen-bond acceptors (Lipinski definition) is 3. The lowest BCUT2D eigenvalue weighted by Crippen LogP contribution is -2.29. The average molecular weight is 372 g/mol. The second-order valence-corrected chi connectivity index (χ2v) is 7.04. The normalized spacial score (nSPS) is 11.9. The van der Waals surface area contributed by atoms with Crippen LogP contribution in [0.1, 0.15) is 17.2 Å². The lowest BCUT2D eigenvalue weighted by atomic mass is 10.1. The van der Waals surface area contributed by atoms with E-state index in [4.69, 9.17) is 11.6 Å². The van der Waals surface area contributed by atoms with Crippen molar-refractivity contribution in [1.82, 2.24) is 5.32 Å². The van der Waals surface area contributed by atoms with Gasteiger partial charge in [0.15, 0.2) is 0 Å². The Morgan fingerprint density at radius 2 is 1.84 bits per heavy atom. The van der Waals surface area contributed by atoms with Crippen molar-refractivity contribution in [1.29, 1.82) is 0 Å². The molecular formula is C20H18ClNO2S. The smallest absolute Gasteiger partial charge is 0.224 e. The number of aliphatic hydroxyl groups is 1. The van der Waals surface area contributed by atoms with Crippen LogP contribution in [0.5, 0.6) is 0 Å². The fourth-order valence-corrected chi connectivity index (χ4v) is 3.45. The van der Waals surface area contributed by atoms with Gasteiger partial charge in [0.05, 0.1) is 12.5 Å². The van der Waals surface area contributed by atoms with Crippen LogP contribution < -0.4 is 5.32 Å². The Labute approximate surface area is 155 Å². The van der Waals surface area contributed by atoms with E-state index < -0.39 is 6.10 Å². The van der Waals surface area contributed by atoms with E-state index in [1.165, 1.54) is 4.88 Å². The summed E-state index contributed by atoms with van der Waals surface area (Å²) in [7, 11) is 0. The number of thiophene rings is 1. The van der Waals surface area contributed by atoms with Gasteiger partial charge in [-0.05, 0) is 34.2 Å². The first-order valence-electron chi connectivity index (χ1n) is 7.95. The quantitative estimate of drug-likeness (QED) is 0.672. The molecule has 5 heteroatoms. The van der Waals surface area contributed by atoms with Crippen LogP contribution >= 0.6 is 22.9 Å². The summed E-state index contributed by atoms with van der Waals surface area (Å²) in [6.45, 7) is 0.168. The van der Waals surface area contributed by atoms with Gasteiger partial charge < -0.3 is 10.4 Å². The van der Waals surface area contributed by atoms with E-state index in [2.05, 4.69) is 11.4 Å². The maximum atomic E-state index is 12.0. The van der Waals surface area contributed by atoms with Crippen LogP contribution in [0.2, 0.25) is 5.02 Å². The molecule has 1 heterocycles. The molecule has 2 aromatic carbocycles. The fraction of sp³-hybridized carbons (Fsp3) is 0.150. The molecule has 2 N–H and O–H groups in total. The number of benzene rings is 2. The summed E-state index contributed by atoms with van der Waals surface area (Å²) in [6.07, 6.45) is -0.545. The standard InChI is InChI=1S/C20H18ClNO2S/c21-17-5-2-1-4-16(17)12-20(24)22-13-18(23)14-7-9-15(10-8-14)19-6-3-11-25-19/h1-11,18,23H,12-13H2,(H,22,24). The number of aliphatic hydroxyl groups excluding tert-OH is 1. The Balaban J connectivity index is 1.54. The number of carbonyl (C=O) groups excluding carboxylic acids is 1. The van der Waals surface area contributed by atoms with Gasteiger partial charge >= 0.3 is 0 Å². The molecule has 0 aliphatic heterocycles. The van der Waals surface area contributed by atoms with E-state index in [0.717, 1.165) is 16.7 Å². The van der Waals surface area contributed by atoms with Gasteiger partial charge in [0, 0.05) is 16.4 Å². The van der Waals surface area contributed by atoms with Crippen LogP contribution in [0.15, 0.2) is 66.0 Å². The highest BCUT2D eigenvalue weighted by atomic mass is 35.5. The summed E-state index contributed by atoms with van der Waals surface area (Å²) < 4.78 is 0. The lowest BCUT2D eigenvalue weighted by Gasteiger charge is -2.13. The summed E-state index contributed by atoms with van der Waals surface area (Å²) in [4.78, 5) is 13.2. The van der Waals surface area contributed by atoms with Gasteiger partial charge in [-0.3, -0.25) is 4.79 Å². The molecule has 1 atom stereocenters. The minimum absolute atomic E-state index is 0.164. The number of nitrogens with one attached hydrogen (secondary N) is 1. The zero-order valence-electron chi connectivity index (χ0n) is 13.5. The first-order chi connectivity index (χ1) is 12.1. The first kappa shape index (κ1) is 17.7. The summed E-state index contributed by atoms with van der Waals surface area (Å²) in [5.41, 5.74) is 2.67. The largest absolute Gasteiger partial charge is 0.387 e. The molecule has 3 nitrogen and oxygen atoms in total. The average Bonchev–Trinajstić information content (AvgIpc) is 3.16. The Hall–Kier alpha value is -2.14. The molecule has 0 spiro atoms. The molecule has 0 saturated carbocycles. The first-order valence-corrected chi connectivity index (χ1v) is 9.21. The van der Waals surface area contributed by atoms with Crippen molar-refractivity contribution in [3.05, 3.63) is 82.2 Å². The molecule has 0 saturated heterocycles. The van der Waals surface area contributed by atoms with Gasteiger partial charge in [-0.25, -0.2) is 0 Å². The lowest BCUT2D eigenvalue weighted by molar-refractivity contribution is -0.120. The van der Waals surface area contributed by atoms with E-state index in [1.54, 1.807) is 17.4 Å². The number of amides is 1. The van der Waals surface area contributed by atoms with Crippen molar-refractivity contribution in [2.75, 3.05) is 6.54 Å². The van der Waals surface area contributed by atoms with Crippen molar-refractivity contribution in [2.45, 2.75) is 12.5 Å². The molecule has 3 aromatic rings. The van der Waals surface area contributed by atoms with Crippen molar-refractivity contribution in [2.24, 2.45) is 0 Å². The van der Waals surface area contributed by atoms with E-state index in [-0.39, 0.29) is 18.9 Å². The van der Waals surface area contributed by atoms with Gasteiger partial charge in [0.1, 0.15) is 0 Å². The van der Waals surface area contributed by atoms with Gasteiger partial charge in [0.2, 0.25) is 5.91 Å². The third kappa shape index (κ3) is 4.69.